The summed E-state index contributed by atoms with van der Waals surface area (Å²) in [6.07, 6.45) is 2.41. The molecule has 1 aliphatic heterocycles. The van der Waals surface area contributed by atoms with Gasteiger partial charge < -0.3 is 14.2 Å². The van der Waals surface area contributed by atoms with E-state index in [1.807, 2.05) is 0 Å². The Morgan fingerprint density at radius 1 is 1.22 bits per heavy atom. The molecule has 5 heteroatoms. The monoisotopic (exact) mass is 258 g/mol. The van der Waals surface area contributed by atoms with Crippen LogP contribution in [0.5, 0.6) is 0 Å². The molecule has 1 fully saturated rings. The Bertz CT molecular complexity index is 253. The van der Waals surface area contributed by atoms with Gasteiger partial charge in [0, 0.05) is 13.2 Å². The van der Waals surface area contributed by atoms with Crippen molar-refractivity contribution in [3.8, 4) is 0 Å². The second kappa shape index (κ2) is 8.08. The Kier molecular flexibility index (Phi) is 6.72. The van der Waals surface area contributed by atoms with Crippen LogP contribution in [0.15, 0.2) is 0 Å². The Labute approximate surface area is 108 Å². The highest BCUT2D eigenvalue weighted by Gasteiger charge is 2.32. The maximum Gasteiger partial charge on any atom is 0.320 e. The molecule has 0 radical (unpaired) electrons. The number of hydrogen-bond acceptors (Lipinski definition) is 5. The van der Waals surface area contributed by atoms with Crippen molar-refractivity contribution in [1.29, 1.82) is 0 Å². The summed E-state index contributed by atoms with van der Waals surface area (Å²) in [5.41, 5.74) is 0. The summed E-state index contributed by atoms with van der Waals surface area (Å²) in [6, 6.07) is 0. The molecule has 1 saturated heterocycles. The first-order chi connectivity index (χ1) is 8.69. The van der Waals surface area contributed by atoms with Gasteiger partial charge in [0.15, 0.2) is 5.92 Å². The number of carbonyl (C=O) groups excluding carboxylic acids is 2. The van der Waals surface area contributed by atoms with Gasteiger partial charge in [-0.1, -0.05) is 0 Å². The highest BCUT2D eigenvalue weighted by atomic mass is 16.6. The molecule has 0 spiro atoms. The van der Waals surface area contributed by atoms with E-state index in [0.717, 1.165) is 19.4 Å². The van der Waals surface area contributed by atoms with Crippen LogP contribution in [-0.2, 0) is 23.8 Å². The molecular weight excluding hydrogens is 236 g/mol. The minimum Gasteiger partial charge on any atom is -0.465 e. The van der Waals surface area contributed by atoms with Gasteiger partial charge >= 0.3 is 11.9 Å². The summed E-state index contributed by atoms with van der Waals surface area (Å²) in [4.78, 5) is 23.5. The Morgan fingerprint density at radius 3 is 2.28 bits per heavy atom. The predicted octanol–water partition coefficient (Wildman–Crippen LogP) is 1.55. The highest BCUT2D eigenvalue weighted by Crippen LogP contribution is 2.23. The van der Waals surface area contributed by atoms with Crippen molar-refractivity contribution >= 4 is 11.9 Å². The quantitative estimate of drug-likeness (QED) is 0.534. The summed E-state index contributed by atoms with van der Waals surface area (Å²) in [5, 5.41) is 0. The van der Waals surface area contributed by atoms with Gasteiger partial charge in [-0.2, -0.15) is 0 Å². The molecule has 5 nitrogen and oxygen atoms in total. The number of carbonyl (C=O) groups is 2. The normalized spacial score (nSPS) is 19.6. The van der Waals surface area contributed by atoms with E-state index in [9.17, 15) is 9.59 Å². The van der Waals surface area contributed by atoms with Crippen molar-refractivity contribution in [2.24, 2.45) is 11.8 Å². The third kappa shape index (κ3) is 4.64. The lowest BCUT2D eigenvalue weighted by molar-refractivity contribution is -0.163. The molecular formula is C13H22O5. The summed E-state index contributed by atoms with van der Waals surface area (Å²) in [5.74, 6) is -1.54. The molecule has 0 bridgehead atoms. The lowest BCUT2D eigenvalue weighted by atomic mass is 9.90. The molecule has 0 amide bonds. The average Bonchev–Trinajstić information content (AvgIpc) is 2.37. The lowest BCUT2D eigenvalue weighted by Gasteiger charge is -2.24. The smallest absolute Gasteiger partial charge is 0.320 e. The van der Waals surface area contributed by atoms with E-state index in [0.29, 0.717) is 13.0 Å². The topological polar surface area (TPSA) is 61.8 Å². The SMILES string of the molecule is CCOC(=O)C(CC1CCCOC1)C(=O)OCC. The van der Waals surface area contributed by atoms with Crippen LogP contribution in [0.1, 0.15) is 33.1 Å². The minimum atomic E-state index is -0.809. The lowest BCUT2D eigenvalue weighted by Crippen LogP contribution is -2.32. The maximum atomic E-state index is 11.8. The van der Waals surface area contributed by atoms with Gasteiger partial charge in [-0.25, -0.2) is 0 Å². The van der Waals surface area contributed by atoms with E-state index in [-0.39, 0.29) is 19.1 Å². The van der Waals surface area contributed by atoms with E-state index >= 15 is 0 Å². The maximum absolute atomic E-state index is 11.8. The van der Waals surface area contributed by atoms with Crippen LogP contribution in [0.25, 0.3) is 0 Å². The number of ether oxygens (including phenoxy) is 3. The fourth-order valence-corrected chi connectivity index (χ4v) is 2.10. The van der Waals surface area contributed by atoms with Crippen molar-refractivity contribution in [2.75, 3.05) is 26.4 Å². The molecule has 0 N–H and O–H groups in total. The largest absolute Gasteiger partial charge is 0.465 e. The molecule has 18 heavy (non-hydrogen) atoms. The van der Waals surface area contributed by atoms with Crippen LogP contribution < -0.4 is 0 Å². The van der Waals surface area contributed by atoms with Crippen molar-refractivity contribution < 1.29 is 23.8 Å². The van der Waals surface area contributed by atoms with Gasteiger partial charge in [-0.15, -0.1) is 0 Å². The molecule has 0 aromatic rings. The van der Waals surface area contributed by atoms with Crippen molar-refractivity contribution in [3.63, 3.8) is 0 Å². The first-order valence-electron chi connectivity index (χ1n) is 6.60. The van der Waals surface area contributed by atoms with Crippen LogP contribution in [0, 0.1) is 11.8 Å². The first-order valence-corrected chi connectivity index (χ1v) is 6.60. The molecule has 104 valence electrons. The Hall–Kier alpha value is -1.10. The Balaban J connectivity index is 2.57. The van der Waals surface area contributed by atoms with Crippen LogP contribution in [-0.4, -0.2) is 38.4 Å². The summed E-state index contributed by atoms with van der Waals surface area (Å²) in [6.45, 7) is 5.37. The van der Waals surface area contributed by atoms with E-state index in [1.165, 1.54) is 0 Å². The fourth-order valence-electron chi connectivity index (χ4n) is 2.10. The summed E-state index contributed by atoms with van der Waals surface area (Å²) >= 11 is 0. The molecule has 1 unspecified atom stereocenters. The van der Waals surface area contributed by atoms with E-state index < -0.39 is 17.9 Å². The highest BCUT2D eigenvalue weighted by molar-refractivity contribution is 5.94. The van der Waals surface area contributed by atoms with E-state index in [2.05, 4.69) is 0 Å². The van der Waals surface area contributed by atoms with Gasteiger partial charge in [0.2, 0.25) is 0 Å². The van der Waals surface area contributed by atoms with Crippen molar-refractivity contribution in [3.05, 3.63) is 0 Å². The second-order valence-electron chi connectivity index (χ2n) is 4.38. The fraction of sp³-hybridized carbons (Fsp3) is 0.846. The van der Waals surface area contributed by atoms with Gasteiger partial charge in [0.1, 0.15) is 0 Å². The average molecular weight is 258 g/mol. The van der Waals surface area contributed by atoms with Crippen LogP contribution >= 0.6 is 0 Å². The molecule has 0 saturated carbocycles. The first kappa shape index (κ1) is 15.0. The third-order valence-corrected chi connectivity index (χ3v) is 2.97. The molecule has 1 rings (SSSR count). The molecule has 0 aliphatic carbocycles. The van der Waals surface area contributed by atoms with Crippen LogP contribution in [0.2, 0.25) is 0 Å². The van der Waals surface area contributed by atoms with Gasteiger partial charge in [-0.3, -0.25) is 9.59 Å². The molecule has 1 aliphatic rings. The molecule has 1 heterocycles. The van der Waals surface area contributed by atoms with E-state index in [4.69, 9.17) is 14.2 Å². The molecule has 0 aromatic heterocycles. The number of esters is 2. The Morgan fingerprint density at radius 2 is 1.83 bits per heavy atom. The second-order valence-corrected chi connectivity index (χ2v) is 4.38. The number of hydrogen-bond donors (Lipinski definition) is 0. The zero-order valence-electron chi connectivity index (χ0n) is 11.1. The minimum absolute atomic E-state index is 0.234. The molecule has 1 atom stereocenters. The number of rotatable bonds is 6. The van der Waals surface area contributed by atoms with Gasteiger partial charge in [-0.05, 0) is 39.0 Å². The van der Waals surface area contributed by atoms with Crippen molar-refractivity contribution in [2.45, 2.75) is 33.1 Å². The third-order valence-electron chi connectivity index (χ3n) is 2.97. The van der Waals surface area contributed by atoms with Gasteiger partial charge in [0.05, 0.1) is 13.2 Å². The molecule has 0 aromatic carbocycles. The van der Waals surface area contributed by atoms with Gasteiger partial charge in [0.25, 0.3) is 0 Å². The summed E-state index contributed by atoms with van der Waals surface area (Å²) < 4.78 is 15.2. The zero-order valence-corrected chi connectivity index (χ0v) is 11.1. The van der Waals surface area contributed by atoms with Crippen LogP contribution in [0.4, 0.5) is 0 Å². The predicted molar refractivity (Wildman–Crippen MR) is 64.9 cm³/mol. The van der Waals surface area contributed by atoms with Crippen LogP contribution in [0.3, 0.4) is 0 Å². The van der Waals surface area contributed by atoms with E-state index in [1.54, 1.807) is 13.8 Å². The summed E-state index contributed by atoms with van der Waals surface area (Å²) in [7, 11) is 0. The standard InChI is InChI=1S/C13H22O5/c1-3-17-12(14)11(13(15)18-4-2)8-10-6-5-7-16-9-10/h10-11H,3-9H2,1-2H3. The van der Waals surface area contributed by atoms with Crippen molar-refractivity contribution in [1.82, 2.24) is 0 Å². The zero-order chi connectivity index (χ0) is 13.4.